The molecule has 0 aliphatic carbocycles. The molecule has 1 aliphatic heterocycles. The van der Waals surface area contributed by atoms with E-state index in [1.807, 2.05) is 0 Å². The largest absolute Gasteiger partial charge is 0.394 e. The van der Waals surface area contributed by atoms with E-state index in [2.05, 4.69) is 55.6 Å². The second-order valence-electron chi connectivity index (χ2n) is 12.6. The lowest BCUT2D eigenvalue weighted by molar-refractivity contribution is -0.302. The standard InChI is InChI=1S/C37H67NO8/c1-3-5-7-9-11-13-14-15-16-17-18-19-21-23-25-27-33(41)38-30(31(40)26-24-22-20-12-10-8-6-4-2)29-45-37-36(44)35(43)34(42)32(28-39)46-37/h5,7,11,13,15-16,30-32,34-37,39-40,42-44H,3-4,6,8-10,12,14,17-29H2,1-2H3,(H,38,41)/b7-5-,13-11-,16-15-. The summed E-state index contributed by atoms with van der Waals surface area (Å²) in [7, 11) is 0. The highest BCUT2D eigenvalue weighted by atomic mass is 16.7. The summed E-state index contributed by atoms with van der Waals surface area (Å²) >= 11 is 0. The third-order valence-electron chi connectivity index (χ3n) is 8.51. The second kappa shape index (κ2) is 28.4. The van der Waals surface area contributed by atoms with Gasteiger partial charge in [0.25, 0.3) is 0 Å². The lowest BCUT2D eigenvalue weighted by Crippen LogP contribution is -2.60. The van der Waals surface area contributed by atoms with Gasteiger partial charge in [0, 0.05) is 6.42 Å². The third kappa shape index (κ3) is 19.9. The molecule has 268 valence electrons. The van der Waals surface area contributed by atoms with Crippen LogP contribution in [0.3, 0.4) is 0 Å². The summed E-state index contributed by atoms with van der Waals surface area (Å²) < 4.78 is 11.1. The van der Waals surface area contributed by atoms with Crippen LogP contribution >= 0.6 is 0 Å². The Balaban J connectivity index is 2.43. The highest BCUT2D eigenvalue weighted by molar-refractivity contribution is 5.76. The zero-order chi connectivity index (χ0) is 33.8. The number of carbonyl (C=O) groups is 1. The van der Waals surface area contributed by atoms with E-state index in [1.165, 1.54) is 32.1 Å². The molecule has 0 bridgehead atoms. The van der Waals surface area contributed by atoms with E-state index in [-0.39, 0.29) is 12.5 Å². The Kier molecular flexibility index (Phi) is 26.2. The number of ether oxygens (including phenoxy) is 2. The molecule has 0 aromatic carbocycles. The highest BCUT2D eigenvalue weighted by Gasteiger charge is 2.44. The van der Waals surface area contributed by atoms with Gasteiger partial charge < -0.3 is 40.3 Å². The van der Waals surface area contributed by atoms with Crippen LogP contribution in [0.5, 0.6) is 0 Å². The van der Waals surface area contributed by atoms with Crippen LogP contribution in [0.25, 0.3) is 0 Å². The van der Waals surface area contributed by atoms with Gasteiger partial charge in [-0.15, -0.1) is 0 Å². The smallest absolute Gasteiger partial charge is 0.220 e. The molecule has 9 nitrogen and oxygen atoms in total. The summed E-state index contributed by atoms with van der Waals surface area (Å²) in [5.41, 5.74) is 0. The van der Waals surface area contributed by atoms with Gasteiger partial charge in [0.15, 0.2) is 6.29 Å². The molecule has 7 unspecified atom stereocenters. The van der Waals surface area contributed by atoms with Crippen LogP contribution in [0, 0.1) is 0 Å². The van der Waals surface area contributed by atoms with Gasteiger partial charge in [-0.2, -0.15) is 0 Å². The number of aliphatic hydroxyl groups is 5. The Morgan fingerprint density at radius 2 is 1.35 bits per heavy atom. The Bertz CT molecular complexity index is 817. The fourth-order valence-corrected chi connectivity index (χ4v) is 5.52. The summed E-state index contributed by atoms with van der Waals surface area (Å²) in [5, 5.41) is 53.8. The number of hydrogen-bond donors (Lipinski definition) is 6. The SMILES string of the molecule is CC/C=C\C/C=C\C/C=C\CCCCCCCC(=O)NC(COC1OC(CO)C(O)C(O)C1O)C(O)CCCCCCCCCC. The van der Waals surface area contributed by atoms with Gasteiger partial charge in [0.1, 0.15) is 24.4 Å². The molecule has 6 N–H and O–H groups in total. The fourth-order valence-electron chi connectivity index (χ4n) is 5.52. The minimum absolute atomic E-state index is 0.147. The molecule has 7 atom stereocenters. The molecular weight excluding hydrogens is 586 g/mol. The predicted octanol–water partition coefficient (Wildman–Crippen LogP) is 5.77. The zero-order valence-electron chi connectivity index (χ0n) is 28.8. The van der Waals surface area contributed by atoms with Crippen molar-refractivity contribution in [2.45, 2.75) is 179 Å². The van der Waals surface area contributed by atoms with Gasteiger partial charge >= 0.3 is 0 Å². The van der Waals surface area contributed by atoms with Crippen LogP contribution in [0.1, 0.15) is 136 Å². The number of rotatable bonds is 28. The minimum atomic E-state index is -1.55. The fraction of sp³-hybridized carbons (Fsp3) is 0.811. The van der Waals surface area contributed by atoms with Crippen LogP contribution < -0.4 is 5.32 Å². The van der Waals surface area contributed by atoms with Crippen LogP contribution in [0.15, 0.2) is 36.5 Å². The normalized spacial score (nSPS) is 23.5. The number of nitrogens with one attached hydrogen (secondary N) is 1. The zero-order valence-corrected chi connectivity index (χ0v) is 28.8. The molecule has 0 aromatic heterocycles. The van der Waals surface area contributed by atoms with Crippen molar-refractivity contribution < 1.29 is 39.8 Å². The van der Waals surface area contributed by atoms with E-state index < -0.39 is 49.5 Å². The van der Waals surface area contributed by atoms with Gasteiger partial charge in [0.2, 0.25) is 5.91 Å². The van der Waals surface area contributed by atoms with Crippen LogP contribution in [-0.4, -0.2) is 87.5 Å². The van der Waals surface area contributed by atoms with Gasteiger partial charge in [0.05, 0.1) is 25.4 Å². The first-order valence-corrected chi connectivity index (χ1v) is 18.2. The first kappa shape index (κ1) is 42.4. The maximum Gasteiger partial charge on any atom is 0.220 e. The summed E-state index contributed by atoms with van der Waals surface area (Å²) in [4.78, 5) is 12.8. The molecule has 1 amide bonds. The molecule has 1 rings (SSSR count). The van der Waals surface area contributed by atoms with Crippen molar-refractivity contribution in [3.05, 3.63) is 36.5 Å². The highest BCUT2D eigenvalue weighted by Crippen LogP contribution is 2.23. The third-order valence-corrected chi connectivity index (χ3v) is 8.51. The summed E-state index contributed by atoms with van der Waals surface area (Å²) in [6.45, 7) is 3.64. The lowest BCUT2D eigenvalue weighted by atomic mass is 9.99. The molecule has 46 heavy (non-hydrogen) atoms. The predicted molar refractivity (Wildman–Crippen MR) is 184 cm³/mol. The number of hydrogen-bond acceptors (Lipinski definition) is 8. The first-order chi connectivity index (χ1) is 22.3. The van der Waals surface area contributed by atoms with Crippen LogP contribution in [0.2, 0.25) is 0 Å². The molecule has 0 saturated carbocycles. The van der Waals surface area contributed by atoms with Crippen molar-refractivity contribution in [2.75, 3.05) is 13.2 Å². The second-order valence-corrected chi connectivity index (χ2v) is 12.6. The van der Waals surface area contributed by atoms with Crippen molar-refractivity contribution in [2.24, 2.45) is 0 Å². The van der Waals surface area contributed by atoms with Crippen molar-refractivity contribution >= 4 is 5.91 Å². The van der Waals surface area contributed by atoms with E-state index >= 15 is 0 Å². The van der Waals surface area contributed by atoms with Gasteiger partial charge in [-0.05, 0) is 44.9 Å². The molecule has 1 fully saturated rings. The molecule has 1 aliphatic rings. The molecule has 9 heteroatoms. The van der Waals surface area contributed by atoms with E-state index in [9.17, 15) is 30.3 Å². The average Bonchev–Trinajstić information content (AvgIpc) is 3.05. The van der Waals surface area contributed by atoms with Crippen molar-refractivity contribution in [1.82, 2.24) is 5.32 Å². The van der Waals surface area contributed by atoms with Crippen LogP contribution in [0.4, 0.5) is 0 Å². The van der Waals surface area contributed by atoms with E-state index in [4.69, 9.17) is 9.47 Å². The lowest BCUT2D eigenvalue weighted by Gasteiger charge is -2.40. The summed E-state index contributed by atoms with van der Waals surface area (Å²) in [6, 6.07) is -0.723. The molecule has 0 aromatic rings. The Hall–Kier alpha value is -1.59. The van der Waals surface area contributed by atoms with Crippen molar-refractivity contribution in [3.63, 3.8) is 0 Å². The average molecular weight is 654 g/mol. The number of carbonyl (C=O) groups excluding carboxylic acids is 1. The Morgan fingerprint density at radius 1 is 0.761 bits per heavy atom. The summed E-state index contributed by atoms with van der Waals surface area (Å²) in [5.74, 6) is -0.168. The first-order valence-electron chi connectivity index (χ1n) is 18.2. The number of allylic oxidation sites excluding steroid dienone is 6. The van der Waals surface area contributed by atoms with Crippen LogP contribution in [-0.2, 0) is 14.3 Å². The molecule has 0 radical (unpaired) electrons. The number of unbranched alkanes of at least 4 members (excludes halogenated alkanes) is 12. The molecule has 0 spiro atoms. The van der Waals surface area contributed by atoms with Crippen molar-refractivity contribution in [1.29, 1.82) is 0 Å². The van der Waals surface area contributed by atoms with Gasteiger partial charge in [-0.25, -0.2) is 0 Å². The Labute approximate surface area is 279 Å². The topological polar surface area (TPSA) is 149 Å². The Morgan fingerprint density at radius 3 is 2.00 bits per heavy atom. The molecular formula is C37H67NO8. The monoisotopic (exact) mass is 653 g/mol. The maximum atomic E-state index is 12.8. The van der Waals surface area contributed by atoms with E-state index in [1.54, 1.807) is 0 Å². The van der Waals surface area contributed by atoms with E-state index in [0.29, 0.717) is 12.8 Å². The quantitative estimate of drug-likeness (QED) is 0.0461. The maximum absolute atomic E-state index is 12.8. The van der Waals surface area contributed by atoms with Gasteiger partial charge in [-0.3, -0.25) is 4.79 Å². The minimum Gasteiger partial charge on any atom is -0.394 e. The molecule has 1 heterocycles. The molecule has 1 saturated heterocycles. The summed E-state index contributed by atoms with van der Waals surface area (Å²) in [6.07, 6.45) is 24.5. The van der Waals surface area contributed by atoms with Crippen molar-refractivity contribution in [3.8, 4) is 0 Å². The number of aliphatic hydroxyl groups excluding tert-OH is 5. The van der Waals surface area contributed by atoms with E-state index in [0.717, 1.165) is 77.0 Å². The number of amides is 1. The van der Waals surface area contributed by atoms with Gasteiger partial charge in [-0.1, -0.05) is 121 Å².